The summed E-state index contributed by atoms with van der Waals surface area (Å²) in [4.78, 5) is 15.6. The molecule has 134 valence electrons. The molecule has 3 nitrogen and oxygen atoms in total. The van der Waals surface area contributed by atoms with Gasteiger partial charge in [-0.25, -0.2) is 0 Å². The first-order valence-corrected chi connectivity index (χ1v) is 9.75. The smallest absolute Gasteiger partial charge is 0.261 e. The maximum absolute atomic E-state index is 12.5. The lowest BCUT2D eigenvalue weighted by Gasteiger charge is -2.16. The Kier molecular flexibility index (Phi) is 6.58. The van der Waals surface area contributed by atoms with Crippen LogP contribution >= 0.6 is 11.3 Å². The number of nitrogens with zero attached hydrogens (tertiary/aromatic N) is 1. The average Bonchev–Trinajstić information content (AvgIpc) is 3.16. The molecule has 26 heavy (non-hydrogen) atoms. The van der Waals surface area contributed by atoms with Gasteiger partial charge in [0.05, 0.1) is 4.88 Å². The number of benzene rings is 2. The second-order valence-electron chi connectivity index (χ2n) is 6.36. The molecule has 0 fully saturated rings. The van der Waals surface area contributed by atoms with Gasteiger partial charge in [0.15, 0.2) is 0 Å². The monoisotopic (exact) mass is 364 g/mol. The number of nitrogens with one attached hydrogen (secondary N) is 1. The van der Waals surface area contributed by atoms with Crippen molar-refractivity contribution in [3.63, 3.8) is 0 Å². The number of thiophene rings is 1. The van der Waals surface area contributed by atoms with Crippen LogP contribution in [0.1, 0.15) is 21.7 Å². The van der Waals surface area contributed by atoms with Crippen molar-refractivity contribution in [2.24, 2.45) is 0 Å². The van der Waals surface area contributed by atoms with Crippen LogP contribution in [0.25, 0.3) is 11.1 Å². The van der Waals surface area contributed by atoms with Gasteiger partial charge in [-0.2, -0.15) is 0 Å². The van der Waals surface area contributed by atoms with Crippen molar-refractivity contribution in [3.05, 3.63) is 82.6 Å². The zero-order valence-corrected chi connectivity index (χ0v) is 15.8. The van der Waals surface area contributed by atoms with Crippen LogP contribution in [0.2, 0.25) is 0 Å². The van der Waals surface area contributed by atoms with E-state index in [4.69, 9.17) is 0 Å². The number of carbonyl (C=O) groups excluding carboxylic acids is 1. The Labute approximate surface area is 159 Å². The molecule has 3 rings (SSSR count). The van der Waals surface area contributed by atoms with E-state index in [0.29, 0.717) is 6.54 Å². The summed E-state index contributed by atoms with van der Waals surface area (Å²) in [5, 5.41) is 5.04. The molecule has 0 saturated carbocycles. The second-order valence-corrected chi connectivity index (χ2v) is 7.28. The van der Waals surface area contributed by atoms with Gasteiger partial charge in [-0.15, -0.1) is 11.3 Å². The molecule has 0 aliphatic rings. The fraction of sp³-hybridized carbons (Fsp3) is 0.227. The Hall–Kier alpha value is -2.43. The van der Waals surface area contributed by atoms with Crippen molar-refractivity contribution >= 4 is 17.2 Å². The van der Waals surface area contributed by atoms with Crippen LogP contribution in [0.4, 0.5) is 0 Å². The highest BCUT2D eigenvalue weighted by Gasteiger charge is 2.14. The van der Waals surface area contributed by atoms with E-state index in [1.54, 1.807) is 0 Å². The Morgan fingerprint density at radius 2 is 1.69 bits per heavy atom. The minimum Gasteiger partial charge on any atom is -0.351 e. The van der Waals surface area contributed by atoms with Gasteiger partial charge in [0, 0.05) is 18.7 Å². The Morgan fingerprint density at radius 3 is 2.42 bits per heavy atom. The third-order valence-electron chi connectivity index (χ3n) is 4.25. The summed E-state index contributed by atoms with van der Waals surface area (Å²) in [7, 11) is 2.11. The van der Waals surface area contributed by atoms with Gasteiger partial charge in [-0.3, -0.25) is 4.79 Å². The van der Waals surface area contributed by atoms with Gasteiger partial charge < -0.3 is 10.2 Å². The average molecular weight is 365 g/mol. The van der Waals surface area contributed by atoms with Gasteiger partial charge >= 0.3 is 0 Å². The van der Waals surface area contributed by atoms with Gasteiger partial charge in [-0.05, 0) is 42.6 Å². The molecule has 0 bridgehead atoms. The minimum atomic E-state index is 0.0181. The van der Waals surface area contributed by atoms with Crippen molar-refractivity contribution in [1.29, 1.82) is 0 Å². The molecule has 4 heteroatoms. The van der Waals surface area contributed by atoms with Crippen LogP contribution in [-0.2, 0) is 6.54 Å². The normalized spacial score (nSPS) is 10.8. The molecule has 1 heterocycles. The molecular formula is C22H24N2OS. The lowest BCUT2D eigenvalue weighted by atomic mass is 10.1. The van der Waals surface area contributed by atoms with Gasteiger partial charge in [-0.1, -0.05) is 60.7 Å². The van der Waals surface area contributed by atoms with Crippen molar-refractivity contribution < 1.29 is 4.79 Å². The summed E-state index contributed by atoms with van der Waals surface area (Å²) in [5.41, 5.74) is 3.40. The molecule has 1 aromatic heterocycles. The van der Waals surface area contributed by atoms with E-state index in [-0.39, 0.29) is 5.91 Å². The van der Waals surface area contributed by atoms with Crippen LogP contribution in [0, 0.1) is 0 Å². The van der Waals surface area contributed by atoms with Crippen molar-refractivity contribution in [1.82, 2.24) is 10.2 Å². The summed E-state index contributed by atoms with van der Waals surface area (Å²) < 4.78 is 0. The third-order valence-corrected chi connectivity index (χ3v) is 5.17. The predicted molar refractivity (Wildman–Crippen MR) is 109 cm³/mol. The maximum Gasteiger partial charge on any atom is 0.261 e. The van der Waals surface area contributed by atoms with E-state index in [9.17, 15) is 4.79 Å². The summed E-state index contributed by atoms with van der Waals surface area (Å²) in [6.07, 6.45) is 0.932. The fourth-order valence-electron chi connectivity index (χ4n) is 2.94. The van der Waals surface area contributed by atoms with Crippen LogP contribution in [0.15, 0.2) is 72.1 Å². The summed E-state index contributed by atoms with van der Waals surface area (Å²) in [6.45, 7) is 2.56. The van der Waals surface area contributed by atoms with Crippen molar-refractivity contribution in [2.75, 3.05) is 20.1 Å². The predicted octanol–water partition coefficient (Wildman–Crippen LogP) is 4.67. The number of hydrogen-bond donors (Lipinski definition) is 1. The molecule has 0 saturated heterocycles. The molecule has 0 aliphatic heterocycles. The second kappa shape index (κ2) is 9.32. The van der Waals surface area contributed by atoms with Crippen molar-refractivity contribution in [3.8, 4) is 11.1 Å². The van der Waals surface area contributed by atoms with Crippen molar-refractivity contribution in [2.45, 2.75) is 13.0 Å². The number of carbonyl (C=O) groups is 1. The van der Waals surface area contributed by atoms with Crippen LogP contribution in [0.3, 0.4) is 0 Å². The van der Waals surface area contributed by atoms with E-state index in [1.165, 1.54) is 16.9 Å². The minimum absolute atomic E-state index is 0.0181. The van der Waals surface area contributed by atoms with Crippen LogP contribution in [-0.4, -0.2) is 30.9 Å². The highest BCUT2D eigenvalue weighted by molar-refractivity contribution is 7.12. The molecule has 0 aliphatic carbocycles. The lowest BCUT2D eigenvalue weighted by Crippen LogP contribution is -2.27. The largest absolute Gasteiger partial charge is 0.351 e. The number of amides is 1. The third kappa shape index (κ3) is 5.04. The molecule has 3 aromatic rings. The quantitative estimate of drug-likeness (QED) is 0.589. The Morgan fingerprint density at radius 1 is 1.00 bits per heavy atom. The van der Waals surface area contributed by atoms with E-state index >= 15 is 0 Å². The van der Waals surface area contributed by atoms with Gasteiger partial charge in [0.1, 0.15) is 0 Å². The first-order chi connectivity index (χ1) is 12.7. The molecule has 0 spiro atoms. The zero-order valence-electron chi connectivity index (χ0n) is 15.0. The fourth-order valence-corrected chi connectivity index (χ4v) is 3.77. The highest BCUT2D eigenvalue weighted by atomic mass is 32.1. The highest BCUT2D eigenvalue weighted by Crippen LogP contribution is 2.27. The van der Waals surface area contributed by atoms with Gasteiger partial charge in [0.2, 0.25) is 0 Å². The van der Waals surface area contributed by atoms with Crippen LogP contribution < -0.4 is 5.32 Å². The number of rotatable bonds is 8. The molecule has 1 amide bonds. The maximum atomic E-state index is 12.5. The molecule has 0 radical (unpaired) electrons. The van der Waals surface area contributed by atoms with E-state index in [0.717, 1.165) is 35.5 Å². The Bertz CT molecular complexity index is 814. The SMILES string of the molecule is CN(CCCNC(=O)c1sccc1-c1ccccc1)Cc1ccccc1. The Balaban J connectivity index is 1.46. The first-order valence-electron chi connectivity index (χ1n) is 8.87. The first kappa shape index (κ1) is 18.4. The lowest BCUT2D eigenvalue weighted by molar-refractivity contribution is 0.0956. The van der Waals surface area contributed by atoms with E-state index in [2.05, 4.69) is 41.5 Å². The van der Waals surface area contributed by atoms with E-state index < -0.39 is 0 Å². The molecule has 0 atom stereocenters. The molecule has 1 N–H and O–H groups in total. The standard InChI is InChI=1S/C22H24N2OS/c1-24(17-18-9-4-2-5-10-18)15-8-14-23-22(25)21-20(13-16-26-21)19-11-6-3-7-12-19/h2-7,9-13,16H,8,14-15,17H2,1H3,(H,23,25). The zero-order chi connectivity index (χ0) is 18.2. The van der Waals surface area contributed by atoms with Gasteiger partial charge in [0.25, 0.3) is 5.91 Å². The summed E-state index contributed by atoms with van der Waals surface area (Å²) in [6, 6.07) is 22.5. The topological polar surface area (TPSA) is 32.3 Å². The molecular weight excluding hydrogens is 340 g/mol. The van der Waals surface area contributed by atoms with E-state index in [1.807, 2.05) is 47.8 Å². The van der Waals surface area contributed by atoms with Crippen LogP contribution in [0.5, 0.6) is 0 Å². The summed E-state index contributed by atoms with van der Waals surface area (Å²) in [5.74, 6) is 0.0181. The number of hydrogen-bond acceptors (Lipinski definition) is 3. The molecule has 2 aromatic carbocycles. The summed E-state index contributed by atoms with van der Waals surface area (Å²) >= 11 is 1.50. The molecule has 0 unspecified atom stereocenters.